The average Bonchev–Trinajstić information content (AvgIpc) is 2.08. The van der Waals surface area contributed by atoms with Crippen LogP contribution in [0.5, 0.6) is 11.5 Å². The van der Waals surface area contributed by atoms with Crippen LogP contribution in [-0.2, 0) is 6.42 Å². The Bertz CT molecular complexity index is 305. The van der Waals surface area contributed by atoms with E-state index in [1.54, 1.807) is 0 Å². The first kappa shape index (κ1) is 8.59. The van der Waals surface area contributed by atoms with Gasteiger partial charge in [-0.05, 0) is 24.1 Å². The molecule has 0 spiro atoms. The van der Waals surface area contributed by atoms with Crippen molar-refractivity contribution in [1.29, 1.82) is 0 Å². The molecule has 1 aromatic rings. The summed E-state index contributed by atoms with van der Waals surface area (Å²) in [6.45, 7) is 1.86. The van der Waals surface area contributed by atoms with E-state index in [9.17, 15) is 15.0 Å². The van der Waals surface area contributed by atoms with Gasteiger partial charge in [0.2, 0.25) is 0 Å². The highest BCUT2D eigenvalue weighted by Crippen LogP contribution is 2.26. The molecule has 0 atom stereocenters. The van der Waals surface area contributed by atoms with Crippen LogP contribution in [-0.4, -0.2) is 16.5 Å². The van der Waals surface area contributed by atoms with Crippen molar-refractivity contribution in [3.63, 3.8) is 0 Å². The maximum Gasteiger partial charge on any atom is 0.153 e. The summed E-state index contributed by atoms with van der Waals surface area (Å²) in [5.74, 6) is -0.0305. The van der Waals surface area contributed by atoms with Crippen LogP contribution in [0.1, 0.15) is 22.8 Å². The highest BCUT2D eigenvalue weighted by Gasteiger charge is 2.05. The van der Waals surface area contributed by atoms with Gasteiger partial charge < -0.3 is 10.2 Å². The molecular formula is C9H10O3. The topological polar surface area (TPSA) is 57.5 Å². The number of aromatic hydroxyl groups is 2. The highest BCUT2D eigenvalue weighted by atomic mass is 16.3. The monoisotopic (exact) mass is 166 g/mol. The minimum Gasteiger partial charge on any atom is -0.508 e. The standard InChI is InChI=1S/C9H10O3/c1-2-6-3-9(12)7(5-10)4-8(6)11/h3-5,11-12H,2H2,1H3. The molecule has 0 aliphatic heterocycles. The van der Waals surface area contributed by atoms with E-state index in [1.165, 1.54) is 12.1 Å². The zero-order valence-electron chi connectivity index (χ0n) is 6.74. The summed E-state index contributed by atoms with van der Waals surface area (Å²) >= 11 is 0. The predicted octanol–water partition coefficient (Wildman–Crippen LogP) is 1.47. The highest BCUT2D eigenvalue weighted by molar-refractivity contribution is 5.80. The Morgan fingerprint density at radius 1 is 1.33 bits per heavy atom. The molecule has 12 heavy (non-hydrogen) atoms. The molecular weight excluding hydrogens is 156 g/mol. The number of benzene rings is 1. The van der Waals surface area contributed by atoms with E-state index >= 15 is 0 Å². The Morgan fingerprint density at radius 3 is 2.50 bits per heavy atom. The van der Waals surface area contributed by atoms with E-state index in [0.29, 0.717) is 18.3 Å². The average molecular weight is 166 g/mol. The molecule has 1 rings (SSSR count). The Labute approximate surface area is 70.3 Å². The molecule has 0 saturated heterocycles. The maximum atomic E-state index is 10.3. The second-order valence-corrected chi connectivity index (χ2v) is 2.51. The second-order valence-electron chi connectivity index (χ2n) is 2.51. The fourth-order valence-electron chi connectivity index (χ4n) is 1.01. The van der Waals surface area contributed by atoms with Gasteiger partial charge in [-0.2, -0.15) is 0 Å². The molecule has 0 radical (unpaired) electrons. The summed E-state index contributed by atoms with van der Waals surface area (Å²) in [6.07, 6.45) is 1.13. The van der Waals surface area contributed by atoms with Crippen molar-refractivity contribution in [2.45, 2.75) is 13.3 Å². The van der Waals surface area contributed by atoms with E-state index in [2.05, 4.69) is 0 Å². The van der Waals surface area contributed by atoms with Crippen LogP contribution in [0, 0.1) is 0 Å². The first-order valence-corrected chi connectivity index (χ1v) is 3.69. The number of hydrogen-bond donors (Lipinski definition) is 2. The summed E-state index contributed by atoms with van der Waals surface area (Å²) < 4.78 is 0. The quantitative estimate of drug-likeness (QED) is 0.516. The molecule has 0 saturated carbocycles. The largest absolute Gasteiger partial charge is 0.508 e. The minimum atomic E-state index is -0.0837. The normalized spacial score (nSPS) is 9.75. The van der Waals surface area contributed by atoms with Gasteiger partial charge in [0.15, 0.2) is 6.29 Å². The zero-order valence-corrected chi connectivity index (χ0v) is 6.74. The number of rotatable bonds is 2. The number of carbonyl (C=O) groups is 1. The van der Waals surface area contributed by atoms with Crippen LogP contribution in [0.3, 0.4) is 0 Å². The Morgan fingerprint density at radius 2 is 2.00 bits per heavy atom. The van der Waals surface area contributed by atoms with Gasteiger partial charge in [0, 0.05) is 0 Å². The van der Waals surface area contributed by atoms with E-state index in [-0.39, 0.29) is 17.1 Å². The van der Waals surface area contributed by atoms with Gasteiger partial charge in [-0.25, -0.2) is 0 Å². The molecule has 0 aromatic heterocycles. The van der Waals surface area contributed by atoms with Crippen molar-refractivity contribution in [2.75, 3.05) is 0 Å². The van der Waals surface area contributed by atoms with Gasteiger partial charge >= 0.3 is 0 Å². The first-order valence-electron chi connectivity index (χ1n) is 3.69. The molecule has 3 nitrogen and oxygen atoms in total. The van der Waals surface area contributed by atoms with Gasteiger partial charge in [0.05, 0.1) is 5.56 Å². The maximum absolute atomic E-state index is 10.3. The number of aryl methyl sites for hydroxylation is 1. The molecule has 64 valence electrons. The molecule has 0 bridgehead atoms. The molecule has 0 fully saturated rings. The second kappa shape index (κ2) is 3.26. The predicted molar refractivity (Wildman–Crippen MR) is 44.5 cm³/mol. The van der Waals surface area contributed by atoms with Gasteiger partial charge in [-0.15, -0.1) is 0 Å². The van der Waals surface area contributed by atoms with E-state index in [1.807, 2.05) is 6.92 Å². The minimum absolute atomic E-state index is 0.0531. The summed E-state index contributed by atoms with van der Waals surface area (Å²) in [5.41, 5.74) is 0.753. The smallest absolute Gasteiger partial charge is 0.153 e. The molecule has 0 amide bonds. The molecule has 2 N–H and O–H groups in total. The van der Waals surface area contributed by atoms with E-state index in [0.717, 1.165) is 0 Å². The number of hydrogen-bond acceptors (Lipinski definition) is 3. The number of phenols is 2. The van der Waals surface area contributed by atoms with Crippen LogP contribution in [0.2, 0.25) is 0 Å². The molecule has 0 aliphatic carbocycles. The van der Waals surface area contributed by atoms with Crippen molar-refractivity contribution >= 4 is 6.29 Å². The van der Waals surface area contributed by atoms with Crippen LogP contribution >= 0.6 is 0 Å². The molecule has 0 aliphatic rings. The summed E-state index contributed by atoms with van der Waals surface area (Å²) in [4.78, 5) is 10.3. The van der Waals surface area contributed by atoms with Gasteiger partial charge in [-0.1, -0.05) is 6.92 Å². The van der Waals surface area contributed by atoms with Crippen LogP contribution in [0.25, 0.3) is 0 Å². The Kier molecular flexibility index (Phi) is 2.33. The van der Waals surface area contributed by atoms with E-state index in [4.69, 9.17) is 0 Å². The molecule has 0 heterocycles. The molecule has 0 unspecified atom stereocenters. The van der Waals surface area contributed by atoms with Crippen molar-refractivity contribution in [3.8, 4) is 11.5 Å². The van der Waals surface area contributed by atoms with Gasteiger partial charge in [-0.3, -0.25) is 4.79 Å². The third kappa shape index (κ3) is 1.39. The fraction of sp³-hybridized carbons (Fsp3) is 0.222. The SMILES string of the molecule is CCc1cc(O)c(C=O)cc1O. The first-order chi connectivity index (χ1) is 5.69. The lowest BCUT2D eigenvalue weighted by molar-refractivity contribution is 0.112. The van der Waals surface area contributed by atoms with Crippen molar-refractivity contribution < 1.29 is 15.0 Å². The van der Waals surface area contributed by atoms with Gasteiger partial charge in [0.1, 0.15) is 11.5 Å². The summed E-state index contributed by atoms with van der Waals surface area (Å²) in [5, 5.41) is 18.5. The van der Waals surface area contributed by atoms with Crippen molar-refractivity contribution in [1.82, 2.24) is 0 Å². The van der Waals surface area contributed by atoms with E-state index < -0.39 is 0 Å². The number of carbonyl (C=O) groups excluding carboxylic acids is 1. The fourth-order valence-corrected chi connectivity index (χ4v) is 1.01. The summed E-state index contributed by atoms with van der Waals surface area (Å²) in [6, 6.07) is 2.67. The van der Waals surface area contributed by atoms with Crippen LogP contribution in [0.4, 0.5) is 0 Å². The van der Waals surface area contributed by atoms with Gasteiger partial charge in [0.25, 0.3) is 0 Å². The lowest BCUT2D eigenvalue weighted by atomic mass is 10.1. The van der Waals surface area contributed by atoms with Crippen LogP contribution < -0.4 is 0 Å². The Balaban J connectivity index is 3.25. The molecule has 3 heteroatoms. The summed E-state index contributed by atoms with van der Waals surface area (Å²) in [7, 11) is 0. The lowest BCUT2D eigenvalue weighted by Crippen LogP contribution is -1.86. The van der Waals surface area contributed by atoms with Crippen molar-refractivity contribution in [3.05, 3.63) is 23.3 Å². The Hall–Kier alpha value is -1.51. The lowest BCUT2D eigenvalue weighted by Gasteiger charge is -2.03. The third-order valence-corrected chi connectivity index (χ3v) is 1.74. The third-order valence-electron chi connectivity index (χ3n) is 1.74. The zero-order chi connectivity index (χ0) is 9.14. The van der Waals surface area contributed by atoms with Crippen molar-refractivity contribution in [2.24, 2.45) is 0 Å². The van der Waals surface area contributed by atoms with Crippen LogP contribution in [0.15, 0.2) is 12.1 Å². The molecule has 1 aromatic carbocycles. The number of phenolic OH excluding ortho intramolecular Hbond substituents is 2. The number of aldehydes is 1.